The van der Waals surface area contributed by atoms with E-state index in [9.17, 15) is 0 Å². The van der Waals surface area contributed by atoms with Gasteiger partial charge in [-0.2, -0.15) is 4.98 Å². The van der Waals surface area contributed by atoms with Gasteiger partial charge in [-0.25, -0.2) is 4.98 Å². The Morgan fingerprint density at radius 1 is 1.64 bits per heavy atom. The molecule has 78 valence electrons. The van der Waals surface area contributed by atoms with Crippen LogP contribution in [0.1, 0.15) is 0 Å². The van der Waals surface area contributed by atoms with E-state index < -0.39 is 0 Å². The molecule has 0 atom stereocenters. The number of nitrogens with zero attached hydrogens (tertiary/aromatic N) is 3. The first-order chi connectivity index (χ1) is 6.69. The third-order valence-electron chi connectivity index (χ3n) is 1.67. The molecule has 1 heterocycles. The first-order valence-electron chi connectivity index (χ1n) is 4.07. The molecule has 1 aromatic heterocycles. The molecule has 5 nitrogen and oxygen atoms in total. The summed E-state index contributed by atoms with van der Waals surface area (Å²) in [6, 6.07) is 0. The Morgan fingerprint density at radius 2 is 2.36 bits per heavy atom. The maximum atomic E-state index is 8.74. The van der Waals surface area contributed by atoms with Crippen molar-refractivity contribution in [2.24, 2.45) is 0 Å². The predicted molar refractivity (Wildman–Crippen MR) is 56.6 cm³/mol. The summed E-state index contributed by atoms with van der Waals surface area (Å²) in [6.07, 6.45) is 1.62. The quantitative estimate of drug-likeness (QED) is 0.864. The number of ether oxygens (including phenoxy) is 1. The SMILES string of the molecule is COc1nc(N(C)CCO)ncc1Br. The van der Waals surface area contributed by atoms with Crippen LogP contribution in [0.4, 0.5) is 5.95 Å². The van der Waals surface area contributed by atoms with E-state index in [4.69, 9.17) is 9.84 Å². The number of halogens is 1. The summed E-state index contributed by atoms with van der Waals surface area (Å²) in [5, 5.41) is 8.74. The summed E-state index contributed by atoms with van der Waals surface area (Å²) in [5.74, 6) is 1.01. The third kappa shape index (κ3) is 2.55. The van der Waals surface area contributed by atoms with Crippen molar-refractivity contribution in [2.45, 2.75) is 0 Å². The lowest BCUT2D eigenvalue weighted by molar-refractivity contribution is 0.303. The molecule has 0 amide bonds. The van der Waals surface area contributed by atoms with Gasteiger partial charge in [-0.1, -0.05) is 0 Å². The number of aliphatic hydroxyl groups excluding tert-OH is 1. The van der Waals surface area contributed by atoms with Crippen molar-refractivity contribution in [3.63, 3.8) is 0 Å². The van der Waals surface area contributed by atoms with Crippen molar-refractivity contribution in [1.82, 2.24) is 9.97 Å². The van der Waals surface area contributed by atoms with Crippen molar-refractivity contribution < 1.29 is 9.84 Å². The van der Waals surface area contributed by atoms with E-state index in [0.29, 0.717) is 22.8 Å². The van der Waals surface area contributed by atoms with Crippen molar-refractivity contribution in [3.05, 3.63) is 10.7 Å². The summed E-state index contributed by atoms with van der Waals surface area (Å²) in [6.45, 7) is 0.559. The second-order valence-corrected chi connectivity index (χ2v) is 3.53. The topological polar surface area (TPSA) is 58.5 Å². The minimum atomic E-state index is 0.0677. The van der Waals surface area contributed by atoms with Gasteiger partial charge >= 0.3 is 0 Å². The summed E-state index contributed by atoms with van der Waals surface area (Å²) < 4.78 is 5.74. The maximum Gasteiger partial charge on any atom is 0.232 e. The Hall–Kier alpha value is -0.880. The van der Waals surface area contributed by atoms with Crippen molar-refractivity contribution >= 4 is 21.9 Å². The van der Waals surface area contributed by atoms with E-state index in [2.05, 4.69) is 25.9 Å². The normalized spacial score (nSPS) is 10.0. The zero-order valence-electron chi connectivity index (χ0n) is 8.07. The van der Waals surface area contributed by atoms with Gasteiger partial charge in [-0.05, 0) is 15.9 Å². The van der Waals surface area contributed by atoms with Crippen LogP contribution in [0, 0.1) is 0 Å². The standard InChI is InChI=1S/C8H12BrN3O2/c1-12(3-4-13)8-10-5-6(9)7(11-8)14-2/h5,13H,3-4H2,1-2H3. The Labute approximate surface area is 90.9 Å². The molecule has 0 radical (unpaired) electrons. The average Bonchev–Trinajstić information content (AvgIpc) is 2.19. The van der Waals surface area contributed by atoms with Crippen LogP contribution in [-0.4, -0.2) is 42.4 Å². The lowest BCUT2D eigenvalue weighted by Crippen LogP contribution is -2.23. The highest BCUT2D eigenvalue weighted by molar-refractivity contribution is 9.10. The van der Waals surface area contributed by atoms with Crippen LogP contribution in [0.5, 0.6) is 5.88 Å². The molecule has 0 aliphatic rings. The molecule has 0 bridgehead atoms. The molecule has 0 spiro atoms. The number of aromatic nitrogens is 2. The van der Waals surface area contributed by atoms with E-state index in [-0.39, 0.29) is 6.61 Å². The van der Waals surface area contributed by atoms with Crippen LogP contribution < -0.4 is 9.64 Å². The Kier molecular flexibility index (Phi) is 4.09. The number of methoxy groups -OCH3 is 1. The molecule has 0 aliphatic carbocycles. The largest absolute Gasteiger partial charge is 0.480 e. The molecular formula is C8H12BrN3O2. The van der Waals surface area contributed by atoms with Crippen LogP contribution in [0.2, 0.25) is 0 Å². The number of hydrogen-bond donors (Lipinski definition) is 1. The van der Waals surface area contributed by atoms with E-state index in [1.807, 2.05) is 0 Å². The number of hydrogen-bond acceptors (Lipinski definition) is 5. The van der Waals surface area contributed by atoms with Gasteiger partial charge in [0.2, 0.25) is 11.8 Å². The van der Waals surface area contributed by atoms with Gasteiger partial charge in [-0.15, -0.1) is 0 Å². The zero-order chi connectivity index (χ0) is 10.6. The summed E-state index contributed by atoms with van der Waals surface area (Å²) in [4.78, 5) is 9.97. The molecule has 0 saturated carbocycles. The first kappa shape index (κ1) is 11.2. The van der Waals surface area contributed by atoms with Crippen molar-refractivity contribution in [3.8, 4) is 5.88 Å². The van der Waals surface area contributed by atoms with Crippen LogP contribution in [-0.2, 0) is 0 Å². The molecule has 0 aromatic carbocycles. The van der Waals surface area contributed by atoms with E-state index in [1.54, 1.807) is 25.3 Å². The second kappa shape index (κ2) is 5.11. The van der Waals surface area contributed by atoms with Gasteiger partial charge in [0.05, 0.1) is 24.4 Å². The molecule has 0 fully saturated rings. The highest BCUT2D eigenvalue weighted by Crippen LogP contribution is 2.22. The van der Waals surface area contributed by atoms with Gasteiger partial charge in [0, 0.05) is 13.6 Å². The van der Waals surface area contributed by atoms with Crippen molar-refractivity contribution in [1.29, 1.82) is 0 Å². The highest BCUT2D eigenvalue weighted by Gasteiger charge is 2.08. The monoisotopic (exact) mass is 261 g/mol. The van der Waals surface area contributed by atoms with Gasteiger partial charge in [0.25, 0.3) is 0 Å². The molecule has 14 heavy (non-hydrogen) atoms. The molecule has 1 N–H and O–H groups in total. The van der Waals surface area contributed by atoms with Crippen LogP contribution in [0.25, 0.3) is 0 Å². The molecule has 1 aromatic rings. The number of likely N-dealkylation sites (N-methyl/N-ethyl adjacent to an activating group) is 1. The van der Waals surface area contributed by atoms with E-state index in [1.165, 1.54) is 0 Å². The highest BCUT2D eigenvalue weighted by atomic mass is 79.9. The fourth-order valence-electron chi connectivity index (χ4n) is 0.920. The Balaban J connectivity index is 2.88. The molecule has 0 saturated heterocycles. The minimum Gasteiger partial charge on any atom is -0.480 e. The Morgan fingerprint density at radius 3 is 2.93 bits per heavy atom. The van der Waals surface area contributed by atoms with Crippen LogP contribution in [0.15, 0.2) is 10.7 Å². The van der Waals surface area contributed by atoms with Gasteiger partial charge in [0.1, 0.15) is 0 Å². The fourth-order valence-corrected chi connectivity index (χ4v) is 1.27. The van der Waals surface area contributed by atoms with Gasteiger partial charge in [0.15, 0.2) is 0 Å². The molecular weight excluding hydrogens is 250 g/mol. The summed E-state index contributed by atoms with van der Waals surface area (Å²) in [7, 11) is 3.35. The molecule has 1 rings (SSSR count). The van der Waals surface area contributed by atoms with E-state index in [0.717, 1.165) is 0 Å². The summed E-state index contributed by atoms with van der Waals surface area (Å²) in [5.41, 5.74) is 0. The van der Waals surface area contributed by atoms with Crippen LogP contribution >= 0.6 is 15.9 Å². The predicted octanol–water partition coefficient (Wildman–Crippen LogP) is 0.676. The zero-order valence-corrected chi connectivity index (χ0v) is 9.65. The van der Waals surface area contributed by atoms with Crippen LogP contribution in [0.3, 0.4) is 0 Å². The van der Waals surface area contributed by atoms with Gasteiger partial charge < -0.3 is 14.7 Å². The first-order valence-corrected chi connectivity index (χ1v) is 4.87. The van der Waals surface area contributed by atoms with Crippen molar-refractivity contribution in [2.75, 3.05) is 32.2 Å². The lowest BCUT2D eigenvalue weighted by atomic mass is 10.5. The fraction of sp³-hybridized carbons (Fsp3) is 0.500. The van der Waals surface area contributed by atoms with E-state index >= 15 is 0 Å². The minimum absolute atomic E-state index is 0.0677. The number of anilines is 1. The number of rotatable bonds is 4. The van der Waals surface area contributed by atoms with Gasteiger partial charge in [-0.3, -0.25) is 0 Å². The smallest absolute Gasteiger partial charge is 0.232 e. The molecule has 0 unspecified atom stereocenters. The molecule has 0 aliphatic heterocycles. The molecule has 6 heteroatoms. The second-order valence-electron chi connectivity index (χ2n) is 2.67. The summed E-state index contributed by atoms with van der Waals surface area (Å²) >= 11 is 3.26. The third-order valence-corrected chi connectivity index (χ3v) is 2.21. The average molecular weight is 262 g/mol. The lowest BCUT2D eigenvalue weighted by Gasteiger charge is -2.15. The maximum absolute atomic E-state index is 8.74. The number of aliphatic hydroxyl groups is 1. The Bertz CT molecular complexity index is 309.